The molecule has 1 heterocycles. The molecule has 1 saturated heterocycles. The zero-order valence-electron chi connectivity index (χ0n) is 15.6. The van der Waals surface area contributed by atoms with Crippen molar-refractivity contribution in [2.75, 3.05) is 6.54 Å². The van der Waals surface area contributed by atoms with Crippen LogP contribution in [0.5, 0.6) is 0 Å². The van der Waals surface area contributed by atoms with E-state index in [0.29, 0.717) is 12.6 Å². The van der Waals surface area contributed by atoms with Crippen molar-refractivity contribution in [1.82, 2.24) is 4.90 Å². The number of likely N-dealkylation sites (tertiary alicyclic amines) is 1. The molecule has 142 valence electrons. The molecule has 1 aromatic carbocycles. The molecule has 1 fully saturated rings. The minimum atomic E-state index is -0.817. The highest BCUT2D eigenvalue weighted by Crippen LogP contribution is 2.26. The Labute approximate surface area is 156 Å². The van der Waals surface area contributed by atoms with Crippen molar-refractivity contribution < 1.29 is 18.2 Å². The van der Waals surface area contributed by atoms with E-state index < -0.39 is 11.6 Å². The van der Waals surface area contributed by atoms with Crippen LogP contribution in [0, 0.1) is 17.6 Å². The molecule has 6 heteroatoms. The van der Waals surface area contributed by atoms with Crippen molar-refractivity contribution in [3.05, 3.63) is 35.4 Å². The summed E-state index contributed by atoms with van der Waals surface area (Å²) in [6.45, 7) is 3.63. The molecule has 0 spiro atoms. The van der Waals surface area contributed by atoms with Crippen LogP contribution in [0.3, 0.4) is 0 Å². The zero-order chi connectivity index (χ0) is 18.9. The van der Waals surface area contributed by atoms with E-state index in [1.807, 2.05) is 0 Å². The molecule has 2 unspecified atom stereocenters. The SMILES string of the molecule is [B]OC(=O)C(CCCC)CCC1CCCCN1Cc1ccc(F)c(F)c1. The summed E-state index contributed by atoms with van der Waals surface area (Å²) < 4.78 is 31.1. The quantitative estimate of drug-likeness (QED) is 0.604. The van der Waals surface area contributed by atoms with E-state index in [2.05, 4.69) is 16.5 Å². The molecule has 0 saturated carbocycles. The Morgan fingerprint density at radius 1 is 1.31 bits per heavy atom. The molecule has 1 aliphatic heterocycles. The minimum Gasteiger partial charge on any atom is -0.543 e. The lowest BCUT2D eigenvalue weighted by atomic mass is 9.90. The summed E-state index contributed by atoms with van der Waals surface area (Å²) in [6, 6.07) is 4.44. The van der Waals surface area contributed by atoms with Gasteiger partial charge in [-0.05, 0) is 56.3 Å². The predicted molar refractivity (Wildman–Crippen MR) is 98.5 cm³/mol. The van der Waals surface area contributed by atoms with E-state index in [1.54, 1.807) is 6.07 Å². The summed E-state index contributed by atoms with van der Waals surface area (Å²) in [5.41, 5.74) is 0.778. The first-order valence-electron chi connectivity index (χ1n) is 9.63. The van der Waals surface area contributed by atoms with Gasteiger partial charge >= 0.3 is 8.05 Å². The standard InChI is InChI=1S/C20H28BF2NO2/c1-2-3-6-16(20(25)26-21)9-10-17-7-4-5-12-24(17)14-15-8-11-18(22)19(23)13-15/h8,11,13,16-17H,2-7,9-10,12,14H2,1H3. The third-order valence-corrected chi connectivity index (χ3v) is 5.32. The summed E-state index contributed by atoms with van der Waals surface area (Å²) in [6.07, 6.45) is 7.74. The fraction of sp³-hybridized carbons (Fsp3) is 0.650. The lowest BCUT2D eigenvalue weighted by Gasteiger charge is -2.36. The first-order chi connectivity index (χ1) is 12.5. The molecule has 0 N–H and O–H groups in total. The maximum absolute atomic E-state index is 13.5. The number of piperidine rings is 1. The normalized spacial score (nSPS) is 19.3. The van der Waals surface area contributed by atoms with Crippen molar-refractivity contribution in [2.45, 2.75) is 70.9 Å². The van der Waals surface area contributed by atoms with Crippen molar-refractivity contribution in [1.29, 1.82) is 0 Å². The van der Waals surface area contributed by atoms with E-state index in [4.69, 9.17) is 8.05 Å². The molecule has 0 bridgehead atoms. The van der Waals surface area contributed by atoms with Gasteiger partial charge in [0.05, 0.1) is 5.92 Å². The van der Waals surface area contributed by atoms with Gasteiger partial charge in [0.1, 0.15) is 0 Å². The number of halogens is 2. The Hall–Kier alpha value is -1.43. The van der Waals surface area contributed by atoms with E-state index >= 15 is 0 Å². The zero-order valence-corrected chi connectivity index (χ0v) is 15.6. The van der Waals surface area contributed by atoms with Crippen LogP contribution in [-0.4, -0.2) is 31.5 Å². The number of unbranched alkanes of at least 4 members (excludes halogenated alkanes) is 1. The highest BCUT2D eigenvalue weighted by molar-refractivity contribution is 6.05. The first kappa shape index (κ1) is 20.9. The average molecular weight is 363 g/mol. The number of nitrogens with zero attached hydrogens (tertiary/aromatic N) is 1. The lowest BCUT2D eigenvalue weighted by Crippen LogP contribution is -2.39. The Morgan fingerprint density at radius 2 is 2.12 bits per heavy atom. The molecule has 1 aromatic rings. The molecule has 2 atom stereocenters. The molecule has 26 heavy (non-hydrogen) atoms. The largest absolute Gasteiger partial charge is 0.543 e. The molecule has 1 aliphatic rings. The van der Waals surface area contributed by atoms with Gasteiger partial charge in [0.25, 0.3) is 5.97 Å². The Bertz CT molecular complexity index is 585. The number of carbonyl (C=O) groups excluding carboxylic acids is 1. The van der Waals surface area contributed by atoms with Crippen molar-refractivity contribution in [3.63, 3.8) is 0 Å². The number of benzene rings is 1. The van der Waals surface area contributed by atoms with Gasteiger partial charge < -0.3 is 4.65 Å². The number of hydrogen-bond donors (Lipinski definition) is 0. The van der Waals surface area contributed by atoms with E-state index in [1.165, 1.54) is 12.1 Å². The Morgan fingerprint density at radius 3 is 2.81 bits per heavy atom. The molecular formula is C20H28BF2NO2. The van der Waals surface area contributed by atoms with Crippen molar-refractivity contribution in [2.24, 2.45) is 5.92 Å². The first-order valence-corrected chi connectivity index (χ1v) is 9.63. The summed E-state index contributed by atoms with van der Waals surface area (Å²) in [4.78, 5) is 14.2. The Kier molecular flexibility index (Phi) is 8.56. The summed E-state index contributed by atoms with van der Waals surface area (Å²) in [7, 11) is 5.08. The van der Waals surface area contributed by atoms with Crippen LogP contribution in [-0.2, 0) is 16.0 Å². The minimum absolute atomic E-state index is 0.160. The average Bonchev–Trinajstić information content (AvgIpc) is 2.65. The number of carbonyl (C=O) groups is 1. The van der Waals surface area contributed by atoms with Gasteiger partial charge in [-0.15, -0.1) is 0 Å². The fourth-order valence-corrected chi connectivity index (χ4v) is 3.79. The molecule has 0 amide bonds. The van der Waals surface area contributed by atoms with Crippen LogP contribution in [0.1, 0.15) is 63.9 Å². The maximum Gasteiger partial charge on any atom is 0.378 e. The van der Waals surface area contributed by atoms with Crippen LogP contribution in [0.15, 0.2) is 18.2 Å². The summed E-state index contributed by atoms with van der Waals surface area (Å²) in [5.74, 6) is -2.11. The second-order valence-corrected chi connectivity index (χ2v) is 7.22. The highest BCUT2D eigenvalue weighted by Gasteiger charge is 2.26. The van der Waals surface area contributed by atoms with Gasteiger partial charge in [0.15, 0.2) is 11.6 Å². The van der Waals surface area contributed by atoms with Gasteiger partial charge in [-0.3, -0.25) is 9.69 Å². The lowest BCUT2D eigenvalue weighted by molar-refractivity contribution is -0.139. The molecule has 0 aliphatic carbocycles. The van der Waals surface area contributed by atoms with E-state index in [0.717, 1.165) is 63.5 Å². The number of rotatable bonds is 9. The van der Waals surface area contributed by atoms with Crippen LogP contribution in [0.2, 0.25) is 0 Å². The predicted octanol–water partition coefficient (Wildman–Crippen LogP) is 4.53. The van der Waals surface area contributed by atoms with Gasteiger partial charge in [-0.2, -0.15) is 0 Å². The van der Waals surface area contributed by atoms with Gasteiger partial charge in [-0.1, -0.05) is 32.3 Å². The van der Waals surface area contributed by atoms with Gasteiger partial charge in [-0.25, -0.2) is 8.78 Å². The van der Waals surface area contributed by atoms with Crippen LogP contribution < -0.4 is 0 Å². The second kappa shape index (κ2) is 10.7. The fourth-order valence-electron chi connectivity index (χ4n) is 3.79. The third kappa shape index (κ3) is 6.08. The molecule has 3 nitrogen and oxygen atoms in total. The van der Waals surface area contributed by atoms with Crippen molar-refractivity contribution in [3.8, 4) is 0 Å². The highest BCUT2D eigenvalue weighted by atomic mass is 19.2. The van der Waals surface area contributed by atoms with Crippen molar-refractivity contribution >= 4 is 14.0 Å². The molecule has 0 aromatic heterocycles. The third-order valence-electron chi connectivity index (χ3n) is 5.32. The van der Waals surface area contributed by atoms with E-state index in [-0.39, 0.29) is 11.9 Å². The number of hydrogen-bond acceptors (Lipinski definition) is 3. The van der Waals surface area contributed by atoms with Crippen LogP contribution in [0.25, 0.3) is 0 Å². The smallest absolute Gasteiger partial charge is 0.378 e. The summed E-state index contributed by atoms with van der Waals surface area (Å²) in [5, 5.41) is 0. The Balaban J connectivity index is 1.96. The topological polar surface area (TPSA) is 29.5 Å². The maximum atomic E-state index is 13.5. The van der Waals surface area contributed by atoms with Gasteiger partial charge in [0, 0.05) is 12.6 Å². The van der Waals surface area contributed by atoms with Crippen LogP contribution >= 0.6 is 0 Å². The molecule has 2 rings (SSSR count). The molecule has 2 radical (unpaired) electrons. The van der Waals surface area contributed by atoms with Crippen LogP contribution in [0.4, 0.5) is 8.78 Å². The van der Waals surface area contributed by atoms with Gasteiger partial charge in [0.2, 0.25) is 0 Å². The summed E-state index contributed by atoms with van der Waals surface area (Å²) >= 11 is 0. The molecular weight excluding hydrogens is 335 g/mol. The van der Waals surface area contributed by atoms with E-state index in [9.17, 15) is 13.6 Å². The second-order valence-electron chi connectivity index (χ2n) is 7.22. The monoisotopic (exact) mass is 363 g/mol.